The number of carbonyl (C=O) groups is 1. The number of fused-ring (bicyclic) bond motifs is 1. The number of carboxylic acids is 1. The fraction of sp³-hybridized carbons (Fsp3) is 0.0500. The summed E-state index contributed by atoms with van der Waals surface area (Å²) in [5.74, 6) is -0.903. The molecule has 0 amide bonds. The predicted octanol–water partition coefficient (Wildman–Crippen LogP) is 5.56. The molecule has 0 bridgehead atoms. The summed E-state index contributed by atoms with van der Waals surface area (Å²) < 4.78 is 1.11. The zero-order chi connectivity index (χ0) is 18.8. The molecule has 0 saturated heterocycles. The van der Waals surface area contributed by atoms with Gasteiger partial charge in [-0.3, -0.25) is 5.43 Å². The highest BCUT2D eigenvalue weighted by Crippen LogP contribution is 2.29. The minimum atomic E-state index is -0.903. The molecule has 27 heavy (non-hydrogen) atoms. The number of thiazole rings is 1. The number of hydrazone groups is 1. The molecule has 0 atom stereocenters. The lowest BCUT2D eigenvalue weighted by atomic mass is 10.1. The van der Waals surface area contributed by atoms with Crippen LogP contribution in [0.5, 0.6) is 0 Å². The number of rotatable bonds is 5. The second-order valence-corrected chi connectivity index (χ2v) is 7.96. The van der Waals surface area contributed by atoms with Crippen molar-refractivity contribution in [3.63, 3.8) is 0 Å². The van der Waals surface area contributed by atoms with Crippen LogP contribution >= 0.6 is 22.7 Å². The van der Waals surface area contributed by atoms with Gasteiger partial charge in [-0.25, -0.2) is 9.78 Å². The van der Waals surface area contributed by atoms with E-state index in [4.69, 9.17) is 5.11 Å². The molecule has 0 aliphatic heterocycles. The van der Waals surface area contributed by atoms with Gasteiger partial charge in [0.25, 0.3) is 0 Å². The van der Waals surface area contributed by atoms with Gasteiger partial charge in [0.1, 0.15) is 4.88 Å². The first-order valence-corrected chi connectivity index (χ1v) is 9.83. The van der Waals surface area contributed by atoms with Gasteiger partial charge < -0.3 is 5.11 Å². The molecule has 0 radical (unpaired) electrons. The van der Waals surface area contributed by atoms with E-state index < -0.39 is 5.97 Å². The summed E-state index contributed by atoms with van der Waals surface area (Å²) >= 11 is 2.82. The van der Waals surface area contributed by atoms with E-state index >= 15 is 0 Å². The molecule has 0 spiro atoms. The summed E-state index contributed by atoms with van der Waals surface area (Å²) in [5, 5.41) is 14.3. The Morgan fingerprint density at radius 1 is 1.07 bits per heavy atom. The Labute approximate surface area is 163 Å². The SMILES string of the molecule is C/C(=N\Nc1nc2ccccc2s1)c1cccc(-c2ccc(C(=O)O)s2)c1. The van der Waals surface area contributed by atoms with Crippen molar-refractivity contribution in [1.29, 1.82) is 0 Å². The predicted molar refractivity (Wildman–Crippen MR) is 112 cm³/mol. The van der Waals surface area contributed by atoms with Crippen molar-refractivity contribution in [3.05, 3.63) is 71.1 Å². The fourth-order valence-corrected chi connectivity index (χ4v) is 4.27. The first-order valence-electron chi connectivity index (χ1n) is 8.20. The lowest BCUT2D eigenvalue weighted by molar-refractivity contribution is 0.0702. The summed E-state index contributed by atoms with van der Waals surface area (Å²) in [7, 11) is 0. The van der Waals surface area contributed by atoms with Gasteiger partial charge in [0.05, 0.1) is 15.9 Å². The van der Waals surface area contributed by atoms with E-state index in [0.717, 1.165) is 37.1 Å². The number of anilines is 1. The van der Waals surface area contributed by atoms with Crippen molar-refractivity contribution in [2.75, 3.05) is 5.43 Å². The highest BCUT2D eigenvalue weighted by atomic mass is 32.1. The molecular weight excluding hydrogens is 378 g/mol. The quantitative estimate of drug-likeness (QED) is 0.344. The third-order valence-corrected chi connectivity index (χ3v) is 6.06. The Hall–Kier alpha value is -3.03. The number of hydrogen-bond acceptors (Lipinski definition) is 6. The van der Waals surface area contributed by atoms with E-state index in [0.29, 0.717) is 4.88 Å². The van der Waals surface area contributed by atoms with Crippen LogP contribution in [0.15, 0.2) is 65.8 Å². The molecule has 4 rings (SSSR count). The second kappa shape index (κ2) is 7.30. The molecule has 0 saturated carbocycles. The number of aromatic nitrogens is 1. The molecule has 2 N–H and O–H groups in total. The van der Waals surface area contributed by atoms with E-state index in [1.165, 1.54) is 11.3 Å². The largest absolute Gasteiger partial charge is 0.477 e. The Balaban J connectivity index is 1.56. The fourth-order valence-electron chi connectivity index (χ4n) is 2.62. The van der Waals surface area contributed by atoms with Crippen LogP contribution in [-0.4, -0.2) is 21.8 Å². The van der Waals surface area contributed by atoms with Crippen molar-refractivity contribution in [2.45, 2.75) is 6.92 Å². The van der Waals surface area contributed by atoms with Gasteiger partial charge in [-0.15, -0.1) is 11.3 Å². The number of para-hydroxylation sites is 1. The van der Waals surface area contributed by atoms with E-state index in [1.54, 1.807) is 17.4 Å². The van der Waals surface area contributed by atoms with Crippen molar-refractivity contribution < 1.29 is 9.90 Å². The van der Waals surface area contributed by atoms with Crippen LogP contribution in [0, 0.1) is 0 Å². The zero-order valence-electron chi connectivity index (χ0n) is 14.3. The van der Waals surface area contributed by atoms with Gasteiger partial charge in [0.15, 0.2) is 0 Å². The Morgan fingerprint density at radius 3 is 2.70 bits per heavy atom. The standard InChI is InChI=1S/C20H15N3O2S2/c1-12(22-23-20-21-15-7-2-3-8-17(15)27-20)13-5-4-6-14(11-13)16-9-10-18(26-16)19(24)25/h2-11H,1H3,(H,21,23)(H,24,25)/b22-12+. The summed E-state index contributed by atoms with van der Waals surface area (Å²) in [6, 6.07) is 19.3. The zero-order valence-corrected chi connectivity index (χ0v) is 16.0. The van der Waals surface area contributed by atoms with E-state index in [-0.39, 0.29) is 0 Å². The summed E-state index contributed by atoms with van der Waals surface area (Å²) in [4.78, 5) is 16.8. The molecule has 0 fully saturated rings. The van der Waals surface area contributed by atoms with Crippen LogP contribution in [-0.2, 0) is 0 Å². The van der Waals surface area contributed by atoms with Gasteiger partial charge in [0.2, 0.25) is 5.13 Å². The first kappa shape index (κ1) is 17.4. The van der Waals surface area contributed by atoms with Gasteiger partial charge in [-0.2, -0.15) is 5.10 Å². The van der Waals surface area contributed by atoms with Crippen LogP contribution in [0.25, 0.3) is 20.7 Å². The van der Waals surface area contributed by atoms with Gasteiger partial charge in [0, 0.05) is 4.88 Å². The highest BCUT2D eigenvalue weighted by molar-refractivity contribution is 7.22. The lowest BCUT2D eigenvalue weighted by Gasteiger charge is -2.04. The molecule has 7 heteroatoms. The average Bonchev–Trinajstić information content (AvgIpc) is 3.33. The topological polar surface area (TPSA) is 74.6 Å². The van der Waals surface area contributed by atoms with E-state index in [2.05, 4.69) is 15.5 Å². The normalized spacial score (nSPS) is 11.7. The molecule has 4 aromatic rings. The maximum Gasteiger partial charge on any atom is 0.345 e. The smallest absolute Gasteiger partial charge is 0.345 e. The molecule has 134 valence electrons. The average molecular weight is 393 g/mol. The third kappa shape index (κ3) is 3.74. The van der Waals surface area contributed by atoms with Crippen LogP contribution < -0.4 is 5.43 Å². The van der Waals surface area contributed by atoms with Crippen molar-refractivity contribution in [3.8, 4) is 10.4 Å². The highest BCUT2D eigenvalue weighted by Gasteiger charge is 2.09. The summed E-state index contributed by atoms with van der Waals surface area (Å²) in [6.07, 6.45) is 0. The number of carboxylic acid groups (broad SMARTS) is 1. The number of nitrogens with zero attached hydrogens (tertiary/aromatic N) is 2. The lowest BCUT2D eigenvalue weighted by Crippen LogP contribution is -1.99. The van der Waals surface area contributed by atoms with Crippen LogP contribution in [0.3, 0.4) is 0 Å². The van der Waals surface area contributed by atoms with Crippen molar-refractivity contribution in [1.82, 2.24) is 4.98 Å². The van der Waals surface area contributed by atoms with Crippen LogP contribution in [0.2, 0.25) is 0 Å². The monoisotopic (exact) mass is 393 g/mol. The van der Waals surface area contributed by atoms with Gasteiger partial charge >= 0.3 is 5.97 Å². The van der Waals surface area contributed by atoms with Crippen LogP contribution in [0.1, 0.15) is 22.2 Å². The summed E-state index contributed by atoms with van der Waals surface area (Å²) in [6.45, 7) is 1.93. The molecule has 5 nitrogen and oxygen atoms in total. The van der Waals surface area contributed by atoms with Crippen molar-refractivity contribution >= 4 is 49.7 Å². The molecule has 0 aliphatic rings. The minimum absolute atomic E-state index is 0.332. The molecule has 2 heterocycles. The molecule has 2 aromatic heterocycles. The Bertz CT molecular complexity index is 1130. The van der Waals surface area contributed by atoms with Gasteiger partial charge in [-0.1, -0.05) is 41.7 Å². The minimum Gasteiger partial charge on any atom is -0.477 e. The Morgan fingerprint density at radius 2 is 1.93 bits per heavy atom. The first-order chi connectivity index (χ1) is 13.1. The number of nitrogens with one attached hydrogen (secondary N) is 1. The molecule has 2 aromatic carbocycles. The van der Waals surface area contributed by atoms with Crippen molar-refractivity contribution in [2.24, 2.45) is 5.10 Å². The number of aromatic carboxylic acids is 1. The molecular formula is C20H15N3O2S2. The summed E-state index contributed by atoms with van der Waals surface area (Å²) in [5.41, 5.74) is 6.74. The Kier molecular flexibility index (Phi) is 4.70. The third-order valence-electron chi connectivity index (χ3n) is 3.99. The maximum absolute atomic E-state index is 11.1. The second-order valence-electron chi connectivity index (χ2n) is 5.85. The number of thiophene rings is 1. The number of hydrogen-bond donors (Lipinski definition) is 2. The molecule has 0 unspecified atom stereocenters. The number of benzene rings is 2. The van der Waals surface area contributed by atoms with Crippen LogP contribution in [0.4, 0.5) is 5.13 Å². The van der Waals surface area contributed by atoms with Gasteiger partial charge in [-0.05, 0) is 48.4 Å². The van der Waals surface area contributed by atoms with E-state index in [1.807, 2.05) is 61.5 Å². The maximum atomic E-state index is 11.1. The van der Waals surface area contributed by atoms with E-state index in [9.17, 15) is 4.79 Å². The molecule has 0 aliphatic carbocycles.